The first-order chi connectivity index (χ1) is 25.6. The minimum absolute atomic E-state index is 0.0956. The van der Waals surface area contributed by atoms with Gasteiger partial charge in [-0.05, 0) is 80.6 Å². The van der Waals surface area contributed by atoms with Crippen molar-refractivity contribution in [2.45, 2.75) is 44.6 Å². The highest BCUT2D eigenvalue weighted by molar-refractivity contribution is 6.16. The van der Waals surface area contributed by atoms with Crippen molar-refractivity contribution in [3.8, 4) is 23.0 Å². The van der Waals surface area contributed by atoms with E-state index in [0.29, 0.717) is 72.5 Å². The molecule has 0 spiro atoms. The summed E-state index contributed by atoms with van der Waals surface area (Å²) in [6.45, 7) is -0.332. The van der Waals surface area contributed by atoms with Crippen molar-refractivity contribution in [1.29, 1.82) is 0 Å². The fourth-order valence-electron chi connectivity index (χ4n) is 5.40. The van der Waals surface area contributed by atoms with Crippen molar-refractivity contribution < 1.29 is 52.3 Å². The van der Waals surface area contributed by atoms with E-state index >= 15 is 4.39 Å². The average molecular weight is 737 g/mol. The molecule has 1 aliphatic carbocycles. The van der Waals surface area contributed by atoms with E-state index in [-0.39, 0.29) is 31.3 Å². The number of pyridine rings is 1. The van der Waals surface area contributed by atoms with Crippen LogP contribution in [0.15, 0.2) is 66.9 Å². The number of aliphatic hydroxyl groups excluding tert-OH is 2. The lowest BCUT2D eigenvalue weighted by atomic mass is 10.0. The number of amides is 2. The molecule has 0 bridgehead atoms. The van der Waals surface area contributed by atoms with Crippen LogP contribution in [0.5, 0.6) is 23.0 Å². The van der Waals surface area contributed by atoms with Crippen LogP contribution in [0.4, 0.5) is 20.2 Å². The second kappa shape index (κ2) is 17.9. The molecule has 1 heterocycles. The predicted octanol–water partition coefficient (Wildman–Crippen LogP) is 5.08. The third-order valence-corrected chi connectivity index (χ3v) is 8.82. The minimum Gasteiger partial charge on any atom is -0.493 e. The molecule has 5 rings (SSSR count). The quantitative estimate of drug-likeness (QED) is 0.0490. The molecule has 1 atom stereocenters. The number of aromatic nitrogens is 1. The number of nitrogens with zero attached hydrogens (tertiary/aromatic N) is 1. The number of nitrogens with one attached hydrogen (secondary N) is 2. The second-order valence-corrected chi connectivity index (χ2v) is 12.7. The first-order valence-corrected chi connectivity index (χ1v) is 17.2. The van der Waals surface area contributed by atoms with E-state index in [4.69, 9.17) is 34.9 Å². The molecule has 1 aromatic heterocycles. The third kappa shape index (κ3) is 9.94. The number of methoxy groups -OCH3 is 1. The summed E-state index contributed by atoms with van der Waals surface area (Å²) in [5.41, 5.74) is 5.60. The lowest BCUT2D eigenvalue weighted by Crippen LogP contribution is -2.35. The van der Waals surface area contributed by atoms with Gasteiger partial charge in [-0.3, -0.25) is 19.4 Å². The summed E-state index contributed by atoms with van der Waals surface area (Å²) >= 11 is 0. The molecule has 1 fully saturated rings. The fourth-order valence-corrected chi connectivity index (χ4v) is 5.40. The number of fused-ring (bicyclic) bond motifs is 1. The Kier molecular flexibility index (Phi) is 13.1. The molecule has 282 valence electrons. The molecular weight excluding hydrogens is 694 g/mol. The number of halogens is 2. The largest absolute Gasteiger partial charge is 0.493 e. The number of carbonyl (C=O) groups is 3. The maximum absolute atomic E-state index is 15.3. The summed E-state index contributed by atoms with van der Waals surface area (Å²) in [6.07, 6.45) is 4.59. The van der Waals surface area contributed by atoms with Crippen molar-refractivity contribution in [2.75, 3.05) is 44.2 Å². The van der Waals surface area contributed by atoms with Gasteiger partial charge in [0.05, 0.1) is 39.1 Å². The highest BCUT2D eigenvalue weighted by Crippen LogP contribution is 2.47. The van der Waals surface area contributed by atoms with Crippen LogP contribution in [-0.2, 0) is 19.1 Å². The molecule has 13 nitrogen and oxygen atoms in total. The van der Waals surface area contributed by atoms with Gasteiger partial charge in [-0.15, -0.1) is 0 Å². The summed E-state index contributed by atoms with van der Waals surface area (Å²) < 4.78 is 51.0. The van der Waals surface area contributed by atoms with Crippen LogP contribution in [-0.4, -0.2) is 72.6 Å². The smallest absolute Gasteiger partial charge is 0.322 e. The number of aliphatic hydroxyl groups is 2. The Morgan fingerprint density at radius 3 is 2.23 bits per heavy atom. The Bertz CT molecular complexity index is 1900. The molecule has 0 radical (unpaired) electrons. The minimum atomic E-state index is -1.31. The SMILES string of the molecule is COc1cc2c(Oc3ccc(NC(=O)C4(C(=O)Nc5ccc(F)cc5)CC4)cc3F)ccnc2cc1OCCCCCC(N)C(=O)OCC(CO)CO. The number of hydrogen-bond acceptors (Lipinski definition) is 11. The van der Waals surface area contributed by atoms with Gasteiger partial charge < -0.3 is 45.5 Å². The Morgan fingerprint density at radius 2 is 1.57 bits per heavy atom. The number of nitrogens with two attached hydrogens (primary N) is 1. The first-order valence-electron chi connectivity index (χ1n) is 17.2. The zero-order valence-electron chi connectivity index (χ0n) is 29.1. The molecule has 1 unspecified atom stereocenters. The Labute approximate surface area is 304 Å². The molecule has 3 aromatic carbocycles. The van der Waals surface area contributed by atoms with E-state index in [9.17, 15) is 18.8 Å². The number of esters is 1. The van der Waals surface area contributed by atoms with Crippen molar-refractivity contribution >= 4 is 40.1 Å². The van der Waals surface area contributed by atoms with Crippen LogP contribution in [0.3, 0.4) is 0 Å². The molecule has 2 amide bonds. The molecule has 53 heavy (non-hydrogen) atoms. The zero-order chi connectivity index (χ0) is 38.0. The topological polar surface area (TPSA) is 192 Å². The van der Waals surface area contributed by atoms with Crippen LogP contribution in [0, 0.1) is 23.0 Å². The molecule has 6 N–H and O–H groups in total. The van der Waals surface area contributed by atoms with E-state index in [1.807, 2.05) is 0 Å². The van der Waals surface area contributed by atoms with Crippen LogP contribution in [0.1, 0.15) is 38.5 Å². The monoisotopic (exact) mass is 736 g/mol. The van der Waals surface area contributed by atoms with E-state index in [1.165, 1.54) is 49.7 Å². The average Bonchev–Trinajstić information content (AvgIpc) is 3.98. The summed E-state index contributed by atoms with van der Waals surface area (Å²) in [5, 5.41) is 24.0. The van der Waals surface area contributed by atoms with Crippen molar-refractivity contribution in [2.24, 2.45) is 17.1 Å². The van der Waals surface area contributed by atoms with Gasteiger partial charge in [0.15, 0.2) is 23.1 Å². The molecule has 1 saturated carbocycles. The van der Waals surface area contributed by atoms with Gasteiger partial charge >= 0.3 is 5.97 Å². The summed E-state index contributed by atoms with van der Waals surface area (Å²) in [5.74, 6) is -2.40. The molecule has 0 aliphatic heterocycles. The van der Waals surface area contributed by atoms with Gasteiger partial charge in [0.1, 0.15) is 23.0 Å². The Morgan fingerprint density at radius 1 is 0.868 bits per heavy atom. The van der Waals surface area contributed by atoms with Gasteiger partial charge in [-0.25, -0.2) is 8.78 Å². The number of ether oxygens (including phenoxy) is 4. The zero-order valence-corrected chi connectivity index (χ0v) is 29.1. The van der Waals surface area contributed by atoms with Crippen molar-refractivity contribution in [3.63, 3.8) is 0 Å². The molecular formula is C38H42F2N4O9. The van der Waals surface area contributed by atoms with Crippen LogP contribution in [0.2, 0.25) is 0 Å². The number of anilines is 2. The standard InChI is InChI=1S/C38H42F2N4O9/c1-50-33-18-27-30(19-34(33)51-16-4-2-3-5-29(41)35(47)52-22-23(20-45)21-46)42-15-12-31(27)53-32-11-10-26(17-28(32)40)44-37(49)38(13-14-38)36(48)43-25-8-6-24(39)7-9-25/h6-12,15,17-19,23,29,45-46H,2-5,13-14,16,20-22,41H2,1H3,(H,43,48)(H,44,49). The maximum Gasteiger partial charge on any atom is 0.322 e. The summed E-state index contributed by atoms with van der Waals surface area (Å²) in [4.78, 5) is 42.4. The van der Waals surface area contributed by atoms with E-state index in [2.05, 4.69) is 15.6 Å². The number of benzene rings is 3. The van der Waals surface area contributed by atoms with Crippen molar-refractivity contribution in [1.82, 2.24) is 4.98 Å². The maximum atomic E-state index is 15.3. The Hall–Kier alpha value is -5.38. The highest BCUT2D eigenvalue weighted by atomic mass is 19.1. The van der Waals surface area contributed by atoms with Gasteiger partial charge in [-0.1, -0.05) is 6.42 Å². The Balaban J connectivity index is 1.14. The van der Waals surface area contributed by atoms with Crippen molar-refractivity contribution in [3.05, 3.63) is 78.5 Å². The fraction of sp³-hybridized carbons (Fsp3) is 0.368. The second-order valence-electron chi connectivity index (χ2n) is 12.7. The van der Waals surface area contributed by atoms with Gasteiger partial charge in [0.2, 0.25) is 11.8 Å². The van der Waals surface area contributed by atoms with E-state index < -0.39 is 46.8 Å². The van der Waals surface area contributed by atoms with Crippen LogP contribution >= 0.6 is 0 Å². The van der Waals surface area contributed by atoms with Gasteiger partial charge in [0, 0.05) is 41.0 Å². The predicted molar refractivity (Wildman–Crippen MR) is 191 cm³/mol. The van der Waals surface area contributed by atoms with E-state index in [1.54, 1.807) is 18.2 Å². The third-order valence-electron chi connectivity index (χ3n) is 8.82. The summed E-state index contributed by atoms with van der Waals surface area (Å²) in [7, 11) is 1.49. The molecule has 15 heteroatoms. The number of hydrogen-bond donors (Lipinski definition) is 5. The highest BCUT2D eigenvalue weighted by Gasteiger charge is 2.56. The van der Waals surface area contributed by atoms with E-state index in [0.717, 1.165) is 12.5 Å². The lowest BCUT2D eigenvalue weighted by molar-refractivity contribution is -0.147. The molecule has 4 aromatic rings. The molecule has 0 saturated heterocycles. The van der Waals surface area contributed by atoms with Gasteiger partial charge in [-0.2, -0.15) is 0 Å². The molecule has 1 aliphatic rings. The first kappa shape index (κ1) is 38.8. The van der Waals surface area contributed by atoms with Crippen LogP contribution < -0.4 is 30.6 Å². The summed E-state index contributed by atoms with van der Waals surface area (Å²) in [6, 6.07) is 13.3. The van der Waals surface area contributed by atoms with Gasteiger partial charge in [0.25, 0.3) is 0 Å². The normalized spacial score (nSPS) is 13.6. The number of rotatable bonds is 19. The van der Waals surface area contributed by atoms with Crippen LogP contribution in [0.25, 0.3) is 10.9 Å². The number of carbonyl (C=O) groups excluding carboxylic acids is 3. The number of unbranched alkanes of at least 4 members (excludes halogenated alkanes) is 2. The lowest BCUT2D eigenvalue weighted by Gasteiger charge is -2.16.